The maximum absolute atomic E-state index is 4.41. The number of nitrogens with zero attached hydrogens (tertiary/aromatic N) is 3. The molecule has 0 aromatic heterocycles. The average molecular weight is 382 g/mol. The van der Waals surface area contributed by atoms with E-state index >= 15 is 0 Å². The fraction of sp³-hybridized carbons (Fsp3) is 0.929. The van der Waals surface area contributed by atoms with Gasteiger partial charge in [0.05, 0.1) is 0 Å². The van der Waals surface area contributed by atoms with Crippen molar-refractivity contribution in [3.8, 4) is 0 Å². The fourth-order valence-corrected chi connectivity index (χ4v) is 2.29. The Balaban J connectivity index is 0.00000324. The summed E-state index contributed by atoms with van der Waals surface area (Å²) >= 11 is 0. The van der Waals surface area contributed by atoms with Crippen molar-refractivity contribution < 1.29 is 0 Å². The van der Waals surface area contributed by atoms with E-state index in [9.17, 15) is 0 Å². The molecule has 19 heavy (non-hydrogen) atoms. The van der Waals surface area contributed by atoms with Gasteiger partial charge in [-0.05, 0) is 40.9 Å². The number of aliphatic imine (C=N–C) groups is 1. The van der Waals surface area contributed by atoms with Crippen LogP contribution in [0.4, 0.5) is 0 Å². The first-order valence-corrected chi connectivity index (χ1v) is 6.85. The second kappa shape index (κ2) is 7.11. The molecule has 0 bridgehead atoms. The molecule has 1 fully saturated rings. The van der Waals surface area contributed by atoms with Crippen LogP contribution in [0.1, 0.15) is 34.1 Å². The molecule has 1 aliphatic heterocycles. The summed E-state index contributed by atoms with van der Waals surface area (Å²) in [6.07, 6.45) is 1.14. The Kier molecular flexibility index (Phi) is 7.09. The van der Waals surface area contributed by atoms with Crippen molar-refractivity contribution in [1.29, 1.82) is 0 Å². The summed E-state index contributed by atoms with van der Waals surface area (Å²) in [4.78, 5) is 8.99. The first kappa shape index (κ1) is 19.0. The third-order valence-electron chi connectivity index (χ3n) is 4.42. The normalized spacial score (nSPS) is 20.8. The lowest BCUT2D eigenvalue weighted by Crippen LogP contribution is -2.72. The van der Waals surface area contributed by atoms with Crippen LogP contribution in [0.25, 0.3) is 0 Å². The number of halogens is 1. The van der Waals surface area contributed by atoms with Crippen molar-refractivity contribution in [2.75, 3.05) is 40.8 Å². The topological polar surface area (TPSA) is 30.9 Å². The molecule has 4 nitrogen and oxygen atoms in total. The molecular weight excluding hydrogens is 351 g/mol. The minimum atomic E-state index is 0. The minimum absolute atomic E-state index is 0. The van der Waals surface area contributed by atoms with Gasteiger partial charge in [0.2, 0.25) is 0 Å². The number of hydrogen-bond donors (Lipinski definition) is 1. The quantitative estimate of drug-likeness (QED) is 0.350. The van der Waals surface area contributed by atoms with Gasteiger partial charge in [-0.3, -0.25) is 4.99 Å². The van der Waals surface area contributed by atoms with Crippen LogP contribution in [-0.4, -0.2) is 62.1 Å². The molecule has 0 radical (unpaired) electrons. The summed E-state index contributed by atoms with van der Waals surface area (Å²) in [5.41, 5.74) is 0.532. The molecular formula is C14H31IN4. The van der Waals surface area contributed by atoms with E-state index in [1.54, 1.807) is 0 Å². The van der Waals surface area contributed by atoms with Crippen molar-refractivity contribution in [2.24, 2.45) is 10.4 Å². The van der Waals surface area contributed by atoms with Gasteiger partial charge >= 0.3 is 0 Å². The third-order valence-corrected chi connectivity index (χ3v) is 4.42. The van der Waals surface area contributed by atoms with Crippen LogP contribution >= 0.6 is 24.0 Å². The predicted octanol–water partition coefficient (Wildman–Crippen LogP) is 2.25. The third kappa shape index (κ3) is 4.21. The molecule has 1 saturated heterocycles. The van der Waals surface area contributed by atoms with Crippen LogP contribution in [-0.2, 0) is 0 Å². The molecule has 1 N–H and O–H groups in total. The van der Waals surface area contributed by atoms with Gasteiger partial charge in [0.25, 0.3) is 0 Å². The molecule has 0 aliphatic carbocycles. The van der Waals surface area contributed by atoms with E-state index in [1.165, 1.54) is 0 Å². The molecule has 0 aromatic carbocycles. The van der Waals surface area contributed by atoms with E-state index in [-0.39, 0.29) is 29.5 Å². The van der Waals surface area contributed by atoms with Crippen LogP contribution in [0.2, 0.25) is 0 Å². The summed E-state index contributed by atoms with van der Waals surface area (Å²) < 4.78 is 0. The number of rotatable bonds is 4. The average Bonchev–Trinajstić information content (AvgIpc) is 2.26. The second-order valence-electron chi connectivity index (χ2n) is 6.66. The van der Waals surface area contributed by atoms with Crippen molar-refractivity contribution in [1.82, 2.24) is 15.1 Å². The van der Waals surface area contributed by atoms with Gasteiger partial charge in [-0.15, -0.1) is 24.0 Å². The lowest BCUT2D eigenvalue weighted by atomic mass is 9.65. The van der Waals surface area contributed by atoms with E-state index in [2.05, 4.69) is 61.9 Å². The van der Waals surface area contributed by atoms with E-state index in [0.29, 0.717) is 5.41 Å². The maximum atomic E-state index is 4.41. The highest BCUT2D eigenvalue weighted by Gasteiger charge is 2.53. The van der Waals surface area contributed by atoms with Crippen molar-refractivity contribution in [3.63, 3.8) is 0 Å². The van der Waals surface area contributed by atoms with Crippen molar-refractivity contribution in [2.45, 2.75) is 39.7 Å². The molecule has 0 unspecified atom stereocenters. The summed E-state index contributed by atoms with van der Waals surface area (Å²) in [6.45, 7) is 12.4. The first-order chi connectivity index (χ1) is 8.22. The molecule has 0 spiro atoms. The van der Waals surface area contributed by atoms with Crippen LogP contribution < -0.4 is 5.32 Å². The van der Waals surface area contributed by atoms with Crippen molar-refractivity contribution >= 4 is 29.9 Å². The highest BCUT2D eigenvalue weighted by atomic mass is 127. The molecule has 1 aliphatic rings. The molecule has 0 atom stereocenters. The lowest BCUT2D eigenvalue weighted by molar-refractivity contribution is -0.0667. The van der Waals surface area contributed by atoms with Gasteiger partial charge in [-0.1, -0.05) is 13.8 Å². The highest BCUT2D eigenvalue weighted by molar-refractivity contribution is 14.0. The van der Waals surface area contributed by atoms with Crippen LogP contribution in [0.5, 0.6) is 0 Å². The number of guanidine groups is 1. The van der Waals surface area contributed by atoms with Crippen LogP contribution in [0, 0.1) is 5.41 Å². The van der Waals surface area contributed by atoms with E-state index in [4.69, 9.17) is 0 Å². The molecule has 0 aromatic rings. The highest BCUT2D eigenvalue weighted by Crippen LogP contribution is 2.46. The summed E-state index contributed by atoms with van der Waals surface area (Å²) in [5, 5.41) is 3.47. The Labute approximate surface area is 136 Å². The van der Waals surface area contributed by atoms with Gasteiger partial charge in [-0.25, -0.2) is 0 Å². The van der Waals surface area contributed by atoms with E-state index in [0.717, 1.165) is 32.0 Å². The predicted molar refractivity (Wildman–Crippen MR) is 94.5 cm³/mol. The first-order valence-electron chi connectivity index (χ1n) is 6.85. The largest absolute Gasteiger partial charge is 0.356 e. The zero-order chi connectivity index (χ0) is 14.0. The van der Waals surface area contributed by atoms with Crippen LogP contribution in [0.15, 0.2) is 4.99 Å². The van der Waals surface area contributed by atoms with Gasteiger partial charge in [0.1, 0.15) is 0 Å². The summed E-state index contributed by atoms with van der Waals surface area (Å²) in [5.74, 6) is 1.04. The Bertz CT molecular complexity index is 311. The maximum Gasteiger partial charge on any atom is 0.194 e. The second-order valence-corrected chi connectivity index (χ2v) is 6.66. The van der Waals surface area contributed by atoms with Gasteiger partial charge in [0, 0.05) is 31.1 Å². The molecule has 0 amide bonds. The molecule has 5 heteroatoms. The Morgan fingerprint density at radius 3 is 2.21 bits per heavy atom. The minimum Gasteiger partial charge on any atom is -0.356 e. The zero-order valence-corrected chi connectivity index (χ0v) is 15.9. The number of hydrogen-bond acceptors (Lipinski definition) is 2. The Morgan fingerprint density at radius 1 is 1.26 bits per heavy atom. The summed E-state index contributed by atoms with van der Waals surface area (Å²) in [6, 6.07) is 0. The van der Waals surface area contributed by atoms with Crippen molar-refractivity contribution in [3.05, 3.63) is 0 Å². The van der Waals surface area contributed by atoms with Gasteiger partial charge < -0.3 is 15.1 Å². The monoisotopic (exact) mass is 382 g/mol. The van der Waals surface area contributed by atoms with Gasteiger partial charge in [-0.2, -0.15) is 0 Å². The zero-order valence-electron chi connectivity index (χ0n) is 13.6. The number of likely N-dealkylation sites (tertiary alicyclic amines) is 1. The lowest BCUT2D eigenvalue weighted by Gasteiger charge is -2.62. The molecule has 0 saturated carbocycles. The Hall–Kier alpha value is -0.0400. The number of nitrogens with one attached hydrogen (secondary N) is 1. The fourth-order valence-electron chi connectivity index (χ4n) is 2.29. The molecule has 1 heterocycles. The van der Waals surface area contributed by atoms with Gasteiger partial charge in [0.15, 0.2) is 5.96 Å². The smallest absolute Gasteiger partial charge is 0.194 e. The van der Waals surface area contributed by atoms with Crippen LogP contribution in [0.3, 0.4) is 0 Å². The molecule has 114 valence electrons. The SMILES string of the molecule is CN=C(NCCCN(C)C)N1CC(C)(C)C1(C)C.I. The van der Waals surface area contributed by atoms with E-state index < -0.39 is 0 Å². The Morgan fingerprint density at radius 2 is 1.84 bits per heavy atom. The summed E-state index contributed by atoms with van der Waals surface area (Å²) in [7, 11) is 6.08. The standard InChI is InChI=1S/C14H30N4.HI/c1-13(2)11-18(14(13,3)4)12(15-5)16-9-8-10-17(6)7;/h8-11H2,1-7H3,(H,15,16);1H. The molecule has 1 rings (SSSR count). The van der Waals surface area contributed by atoms with E-state index in [1.807, 2.05) is 7.05 Å².